The van der Waals surface area contributed by atoms with Crippen LogP contribution in [0.15, 0.2) is 42.6 Å². The third kappa shape index (κ3) is 3.64. The molecule has 0 fully saturated rings. The van der Waals surface area contributed by atoms with Crippen LogP contribution in [0.1, 0.15) is 17.8 Å². The maximum atomic E-state index is 12.7. The number of carbonyl (C=O) groups excluding carboxylic acids is 1. The molecule has 28 heavy (non-hydrogen) atoms. The minimum atomic E-state index is -0.0867. The largest absolute Gasteiger partial charge is 0.322 e. The van der Waals surface area contributed by atoms with Gasteiger partial charge in [-0.15, -0.1) is 0 Å². The lowest BCUT2D eigenvalue weighted by atomic mass is 10.1. The molecule has 3 aromatic rings. The second-order valence-corrected chi connectivity index (χ2v) is 8.12. The van der Waals surface area contributed by atoms with Crippen LogP contribution in [-0.4, -0.2) is 10.5 Å². The summed E-state index contributed by atoms with van der Waals surface area (Å²) in [6, 6.07) is 11.1. The summed E-state index contributed by atoms with van der Waals surface area (Å²) in [7, 11) is 0. The van der Waals surface area contributed by atoms with Gasteiger partial charge >= 0.3 is 0 Å². The molecule has 0 radical (unpaired) electrons. The first-order valence-corrected chi connectivity index (χ1v) is 10.2. The molecule has 0 aliphatic carbocycles. The average Bonchev–Trinajstić information content (AvgIpc) is 3.25. The van der Waals surface area contributed by atoms with Crippen molar-refractivity contribution in [3.8, 4) is 11.3 Å². The zero-order valence-electron chi connectivity index (χ0n) is 15.3. The minimum Gasteiger partial charge on any atom is -0.322 e. The molecule has 1 amide bonds. The molecule has 1 aliphatic heterocycles. The minimum absolute atomic E-state index is 0.0867. The Labute approximate surface area is 178 Å². The average molecular weight is 436 g/mol. The first kappa shape index (κ1) is 19.3. The molecule has 0 spiro atoms. The monoisotopic (exact) mass is 434 g/mol. The van der Waals surface area contributed by atoms with Gasteiger partial charge in [0, 0.05) is 16.3 Å². The van der Waals surface area contributed by atoms with Gasteiger partial charge in [0.1, 0.15) is 6.20 Å². The van der Waals surface area contributed by atoms with Crippen LogP contribution in [0.5, 0.6) is 0 Å². The molecule has 0 atom stereocenters. The summed E-state index contributed by atoms with van der Waals surface area (Å²) in [6.07, 6.45) is 4.00. The van der Waals surface area contributed by atoms with Crippen molar-refractivity contribution >= 4 is 46.4 Å². The molecule has 0 saturated heterocycles. The van der Waals surface area contributed by atoms with E-state index in [1.165, 1.54) is 0 Å². The summed E-state index contributed by atoms with van der Waals surface area (Å²) in [5.41, 5.74) is 3.62. The second-order valence-electron chi connectivity index (χ2n) is 6.90. The third-order valence-corrected chi connectivity index (χ3v) is 6.21. The molecule has 1 aliphatic rings. The van der Waals surface area contributed by atoms with Crippen LogP contribution in [0.25, 0.3) is 11.3 Å². The van der Waals surface area contributed by atoms with E-state index in [1.807, 2.05) is 48.0 Å². The van der Waals surface area contributed by atoms with Gasteiger partial charge in [0.2, 0.25) is 0 Å². The molecule has 0 unspecified atom stereocenters. The number of fused-ring (bicyclic) bond motifs is 1. The van der Waals surface area contributed by atoms with Gasteiger partial charge < -0.3 is 5.32 Å². The quantitative estimate of drug-likeness (QED) is 0.555. The SMILES string of the molecule is Cc1c(Cl)cccc1NC(=O)C[n+]1cc(-c2ccc(Cl)c(Cl)c2)n2c1CCC2. The smallest absolute Gasteiger partial charge is 0.266 e. The third-order valence-electron chi connectivity index (χ3n) is 5.07. The van der Waals surface area contributed by atoms with Gasteiger partial charge in [-0.1, -0.05) is 40.9 Å². The van der Waals surface area contributed by atoms with E-state index in [9.17, 15) is 4.79 Å². The van der Waals surface area contributed by atoms with Crippen LogP contribution < -0.4 is 9.88 Å². The Hall–Kier alpha value is -2.01. The summed E-state index contributed by atoms with van der Waals surface area (Å²) in [4.78, 5) is 12.7. The van der Waals surface area contributed by atoms with Crippen molar-refractivity contribution in [3.63, 3.8) is 0 Å². The molecule has 0 bridgehead atoms. The molecule has 1 aromatic heterocycles. The van der Waals surface area contributed by atoms with E-state index in [2.05, 4.69) is 9.88 Å². The maximum Gasteiger partial charge on any atom is 0.266 e. The number of anilines is 1. The van der Waals surface area contributed by atoms with E-state index in [1.54, 1.807) is 6.07 Å². The normalized spacial score (nSPS) is 12.9. The van der Waals surface area contributed by atoms with Crippen molar-refractivity contribution in [2.45, 2.75) is 32.9 Å². The molecule has 2 aromatic carbocycles. The molecule has 144 valence electrons. The van der Waals surface area contributed by atoms with Crippen molar-refractivity contribution in [2.24, 2.45) is 0 Å². The summed E-state index contributed by atoms with van der Waals surface area (Å²) in [6.45, 7) is 3.05. The van der Waals surface area contributed by atoms with Crippen molar-refractivity contribution in [2.75, 3.05) is 5.32 Å². The van der Waals surface area contributed by atoms with E-state index in [0.717, 1.165) is 47.7 Å². The number of rotatable bonds is 4. The zero-order chi connectivity index (χ0) is 19.8. The Morgan fingerprint density at radius 2 is 1.96 bits per heavy atom. The van der Waals surface area contributed by atoms with E-state index in [0.29, 0.717) is 15.1 Å². The number of aromatic nitrogens is 2. The highest BCUT2D eigenvalue weighted by Crippen LogP contribution is 2.30. The number of nitrogens with zero attached hydrogens (tertiary/aromatic N) is 2. The highest BCUT2D eigenvalue weighted by Gasteiger charge is 2.30. The van der Waals surface area contributed by atoms with Crippen LogP contribution >= 0.6 is 34.8 Å². The van der Waals surface area contributed by atoms with Gasteiger partial charge in [0.05, 0.1) is 23.0 Å². The van der Waals surface area contributed by atoms with Crippen molar-refractivity contribution in [1.82, 2.24) is 4.57 Å². The summed E-state index contributed by atoms with van der Waals surface area (Å²) in [5, 5.41) is 4.65. The highest BCUT2D eigenvalue weighted by atomic mass is 35.5. The summed E-state index contributed by atoms with van der Waals surface area (Å²) in [5.74, 6) is 1.05. The van der Waals surface area contributed by atoms with Gasteiger partial charge in [-0.2, -0.15) is 0 Å². The van der Waals surface area contributed by atoms with E-state index >= 15 is 0 Å². The standard InChI is InChI=1S/C21H18Cl3N3O/c1-13-15(22)4-2-5-18(13)25-20(28)12-26-11-19(27-9-3-6-21(26)27)14-7-8-16(23)17(24)10-14/h2,4-5,7-8,10-11H,3,6,9,12H2,1H3/p+1. The lowest BCUT2D eigenvalue weighted by molar-refractivity contribution is -0.690. The lowest BCUT2D eigenvalue weighted by Crippen LogP contribution is -2.42. The fourth-order valence-corrected chi connectivity index (χ4v) is 4.09. The van der Waals surface area contributed by atoms with E-state index < -0.39 is 0 Å². The van der Waals surface area contributed by atoms with Gasteiger partial charge in [-0.05, 0) is 49.2 Å². The number of amides is 1. The van der Waals surface area contributed by atoms with Gasteiger partial charge in [0.15, 0.2) is 12.2 Å². The molecule has 1 N–H and O–H groups in total. The topological polar surface area (TPSA) is 37.9 Å². The number of benzene rings is 2. The van der Waals surface area contributed by atoms with Crippen LogP contribution in [0, 0.1) is 6.92 Å². The van der Waals surface area contributed by atoms with Crippen molar-refractivity contribution < 1.29 is 9.36 Å². The zero-order valence-corrected chi connectivity index (χ0v) is 17.6. The van der Waals surface area contributed by atoms with Gasteiger partial charge in [0.25, 0.3) is 11.7 Å². The highest BCUT2D eigenvalue weighted by molar-refractivity contribution is 6.42. The Morgan fingerprint density at radius 3 is 2.75 bits per heavy atom. The van der Waals surface area contributed by atoms with Crippen LogP contribution in [-0.2, 0) is 24.3 Å². The fourth-order valence-electron chi connectivity index (χ4n) is 3.62. The van der Waals surface area contributed by atoms with Crippen LogP contribution in [0.2, 0.25) is 15.1 Å². The van der Waals surface area contributed by atoms with E-state index in [4.69, 9.17) is 34.8 Å². The second kappa shape index (κ2) is 7.78. The molecule has 4 rings (SSSR count). The number of hydrogen-bond acceptors (Lipinski definition) is 1. The molecule has 7 heteroatoms. The molecular weight excluding hydrogens is 417 g/mol. The Morgan fingerprint density at radius 1 is 1.14 bits per heavy atom. The van der Waals surface area contributed by atoms with Crippen LogP contribution in [0.4, 0.5) is 5.69 Å². The van der Waals surface area contributed by atoms with Gasteiger partial charge in [-0.3, -0.25) is 4.79 Å². The number of nitrogens with one attached hydrogen (secondary N) is 1. The first-order chi connectivity index (χ1) is 13.4. The molecule has 4 nitrogen and oxygen atoms in total. The predicted octanol–water partition coefficient (Wildman–Crippen LogP) is 5.30. The molecule has 2 heterocycles. The molecule has 0 saturated carbocycles. The van der Waals surface area contributed by atoms with Gasteiger partial charge in [-0.25, -0.2) is 9.13 Å². The number of hydrogen-bond donors (Lipinski definition) is 1. The predicted molar refractivity (Wildman–Crippen MR) is 113 cm³/mol. The van der Waals surface area contributed by atoms with Crippen LogP contribution in [0.3, 0.4) is 0 Å². The first-order valence-electron chi connectivity index (χ1n) is 9.06. The lowest BCUT2D eigenvalue weighted by Gasteiger charge is -2.08. The number of imidazole rings is 1. The Bertz CT molecular complexity index is 1070. The fraction of sp³-hybridized carbons (Fsp3) is 0.238. The number of halogens is 3. The van der Waals surface area contributed by atoms with Crippen molar-refractivity contribution in [3.05, 3.63) is 69.1 Å². The Balaban J connectivity index is 1.61. The van der Waals surface area contributed by atoms with Crippen molar-refractivity contribution in [1.29, 1.82) is 0 Å². The Kier molecular flexibility index (Phi) is 5.37. The maximum absolute atomic E-state index is 12.7. The number of carbonyl (C=O) groups is 1. The summed E-state index contributed by atoms with van der Waals surface area (Å²) >= 11 is 18.4. The van der Waals surface area contributed by atoms with E-state index in [-0.39, 0.29) is 12.5 Å². The molecular formula is C21H19Cl3N3O+. The summed E-state index contributed by atoms with van der Waals surface area (Å²) < 4.78 is 4.26.